The lowest BCUT2D eigenvalue weighted by molar-refractivity contribution is -0.137. The number of ether oxygens (including phenoxy) is 1. The molecule has 1 aromatic heterocycles. The Hall–Kier alpha value is -2.83. The van der Waals surface area contributed by atoms with Crippen molar-refractivity contribution >= 4 is 11.8 Å². The lowest BCUT2D eigenvalue weighted by atomic mass is 10.0. The van der Waals surface area contributed by atoms with E-state index in [1.54, 1.807) is 18.1 Å². The third-order valence-corrected chi connectivity index (χ3v) is 5.39. The summed E-state index contributed by atoms with van der Waals surface area (Å²) in [6.07, 6.45) is 1.71. The van der Waals surface area contributed by atoms with E-state index < -0.39 is 0 Å². The summed E-state index contributed by atoms with van der Waals surface area (Å²) in [4.78, 5) is 29.0. The van der Waals surface area contributed by atoms with E-state index in [0.717, 1.165) is 24.2 Å². The number of aromatic nitrogens is 2. The molecule has 0 aliphatic carbocycles. The summed E-state index contributed by atoms with van der Waals surface area (Å²) in [5.74, 6) is 0.946. The Morgan fingerprint density at radius 3 is 2.43 bits per heavy atom. The van der Waals surface area contributed by atoms with Crippen LogP contribution in [0, 0.1) is 5.92 Å². The highest BCUT2D eigenvalue weighted by Crippen LogP contribution is 2.23. The molecule has 0 bridgehead atoms. The van der Waals surface area contributed by atoms with Gasteiger partial charge in [-0.05, 0) is 31.0 Å². The number of nitrogens with zero attached hydrogens (tertiary/aromatic N) is 3. The van der Waals surface area contributed by atoms with Gasteiger partial charge in [0.15, 0.2) is 0 Å². The minimum absolute atomic E-state index is 0.0836. The first-order valence-corrected chi connectivity index (χ1v) is 9.85. The normalized spacial score (nSPS) is 14.4. The van der Waals surface area contributed by atoms with Crippen LogP contribution in [0.2, 0.25) is 0 Å². The molecule has 1 aromatic carbocycles. The van der Waals surface area contributed by atoms with E-state index in [1.807, 2.05) is 43.0 Å². The summed E-state index contributed by atoms with van der Waals surface area (Å²) >= 11 is 0. The largest absolute Gasteiger partial charge is 0.497 e. The summed E-state index contributed by atoms with van der Waals surface area (Å²) in [7, 11) is 1.62. The quantitative estimate of drug-likeness (QED) is 0.831. The van der Waals surface area contributed by atoms with E-state index in [4.69, 9.17) is 4.74 Å². The van der Waals surface area contributed by atoms with Crippen LogP contribution >= 0.6 is 0 Å². The predicted molar refractivity (Wildman–Crippen MR) is 107 cm³/mol. The van der Waals surface area contributed by atoms with Crippen molar-refractivity contribution in [3.63, 3.8) is 0 Å². The van der Waals surface area contributed by atoms with E-state index in [9.17, 15) is 9.59 Å². The van der Waals surface area contributed by atoms with E-state index in [0.29, 0.717) is 37.6 Å². The van der Waals surface area contributed by atoms with Crippen LogP contribution in [0.1, 0.15) is 37.2 Å². The maximum Gasteiger partial charge on any atom is 0.272 e. The van der Waals surface area contributed by atoms with Crippen molar-refractivity contribution in [2.45, 2.75) is 26.7 Å². The average Bonchev–Trinajstić information content (AvgIpc) is 3.24. The van der Waals surface area contributed by atoms with Gasteiger partial charge < -0.3 is 14.5 Å². The number of H-pyrrole nitrogens is 1. The monoisotopic (exact) mass is 384 g/mol. The summed E-state index contributed by atoms with van der Waals surface area (Å²) in [6, 6.07) is 9.33. The predicted octanol–water partition coefficient (Wildman–Crippen LogP) is 2.81. The highest BCUT2D eigenvalue weighted by atomic mass is 16.5. The number of methoxy groups -OCH3 is 1. The summed E-state index contributed by atoms with van der Waals surface area (Å²) in [5.41, 5.74) is 2.04. The molecule has 0 radical (unpaired) electrons. The van der Waals surface area contributed by atoms with Crippen LogP contribution in [0.15, 0.2) is 30.3 Å². The van der Waals surface area contributed by atoms with Gasteiger partial charge in [0.25, 0.3) is 5.91 Å². The van der Waals surface area contributed by atoms with Crippen LogP contribution in [-0.2, 0) is 4.79 Å². The van der Waals surface area contributed by atoms with Gasteiger partial charge in [0.1, 0.15) is 11.4 Å². The number of amides is 2. The van der Waals surface area contributed by atoms with Crippen molar-refractivity contribution in [1.29, 1.82) is 0 Å². The SMILES string of the molecule is CCC(CC)C(=O)N1CCN(C(=O)c2cc(-c3cccc(OC)c3)n[nH]2)CC1. The van der Waals surface area contributed by atoms with Crippen molar-refractivity contribution in [2.24, 2.45) is 5.92 Å². The Morgan fingerprint density at radius 1 is 1.11 bits per heavy atom. The molecule has 1 saturated heterocycles. The van der Waals surface area contributed by atoms with E-state index in [2.05, 4.69) is 10.2 Å². The second kappa shape index (κ2) is 8.91. The molecule has 2 amide bonds. The van der Waals surface area contributed by atoms with Crippen LogP contribution in [-0.4, -0.2) is 65.1 Å². The second-order valence-corrected chi connectivity index (χ2v) is 7.03. The molecular weight excluding hydrogens is 356 g/mol. The molecule has 2 heterocycles. The highest BCUT2D eigenvalue weighted by molar-refractivity contribution is 5.93. The Kier molecular flexibility index (Phi) is 6.34. The molecule has 7 heteroatoms. The fourth-order valence-electron chi connectivity index (χ4n) is 3.56. The van der Waals surface area contributed by atoms with Gasteiger partial charge in [-0.25, -0.2) is 0 Å². The molecule has 28 heavy (non-hydrogen) atoms. The molecule has 1 N–H and O–H groups in total. The zero-order chi connectivity index (χ0) is 20.1. The molecule has 0 unspecified atom stereocenters. The average molecular weight is 384 g/mol. The minimum Gasteiger partial charge on any atom is -0.497 e. The van der Waals surface area contributed by atoms with Crippen LogP contribution < -0.4 is 4.74 Å². The van der Waals surface area contributed by atoms with E-state index in [1.165, 1.54) is 0 Å². The molecule has 0 spiro atoms. The molecule has 7 nitrogen and oxygen atoms in total. The van der Waals surface area contributed by atoms with Gasteiger partial charge in [-0.15, -0.1) is 0 Å². The van der Waals surface area contributed by atoms with Crippen molar-refractivity contribution in [2.75, 3.05) is 33.3 Å². The first-order valence-electron chi connectivity index (χ1n) is 9.85. The van der Waals surface area contributed by atoms with Crippen LogP contribution in [0.3, 0.4) is 0 Å². The number of benzene rings is 1. The molecular formula is C21H28N4O3. The molecule has 0 atom stereocenters. The fraction of sp³-hybridized carbons (Fsp3) is 0.476. The molecule has 2 aromatic rings. The number of hydrogen-bond donors (Lipinski definition) is 1. The van der Waals surface area contributed by atoms with Crippen LogP contribution in [0.4, 0.5) is 0 Å². The van der Waals surface area contributed by atoms with E-state index in [-0.39, 0.29) is 17.7 Å². The highest BCUT2D eigenvalue weighted by Gasteiger charge is 2.28. The first-order chi connectivity index (χ1) is 13.6. The molecule has 1 aliphatic rings. The molecule has 3 rings (SSSR count). The number of carbonyl (C=O) groups is 2. The number of hydrogen-bond acceptors (Lipinski definition) is 4. The fourth-order valence-corrected chi connectivity index (χ4v) is 3.56. The third-order valence-electron chi connectivity index (χ3n) is 5.39. The number of aromatic amines is 1. The number of rotatable bonds is 6. The molecule has 1 fully saturated rings. The zero-order valence-corrected chi connectivity index (χ0v) is 16.8. The Morgan fingerprint density at radius 2 is 1.79 bits per heavy atom. The number of piperazine rings is 1. The Labute approximate surface area is 165 Å². The van der Waals surface area contributed by atoms with Crippen LogP contribution in [0.5, 0.6) is 5.75 Å². The van der Waals surface area contributed by atoms with Crippen molar-refractivity contribution in [3.05, 3.63) is 36.0 Å². The topological polar surface area (TPSA) is 78.5 Å². The molecule has 0 saturated carbocycles. The Bertz CT molecular complexity index is 821. The van der Waals surface area contributed by atoms with Crippen molar-refractivity contribution in [1.82, 2.24) is 20.0 Å². The smallest absolute Gasteiger partial charge is 0.272 e. The molecule has 150 valence electrons. The number of carbonyl (C=O) groups excluding carboxylic acids is 2. The van der Waals surface area contributed by atoms with Gasteiger partial charge >= 0.3 is 0 Å². The van der Waals surface area contributed by atoms with Gasteiger partial charge in [0.05, 0.1) is 12.8 Å². The van der Waals surface area contributed by atoms with Crippen molar-refractivity contribution in [3.8, 4) is 17.0 Å². The lowest BCUT2D eigenvalue weighted by Crippen LogP contribution is -2.52. The van der Waals surface area contributed by atoms with E-state index >= 15 is 0 Å². The van der Waals surface area contributed by atoms with Gasteiger partial charge in [-0.3, -0.25) is 14.7 Å². The second-order valence-electron chi connectivity index (χ2n) is 7.03. The first kappa shape index (κ1) is 19.9. The summed E-state index contributed by atoms with van der Waals surface area (Å²) < 4.78 is 5.24. The third kappa shape index (κ3) is 4.18. The zero-order valence-electron chi connectivity index (χ0n) is 16.8. The Balaban J connectivity index is 1.63. The minimum atomic E-state index is -0.0868. The maximum absolute atomic E-state index is 12.8. The van der Waals surface area contributed by atoms with Crippen molar-refractivity contribution < 1.29 is 14.3 Å². The number of nitrogens with one attached hydrogen (secondary N) is 1. The standard InChI is InChI=1S/C21H28N4O3/c1-4-15(5-2)20(26)24-9-11-25(12-10-24)21(27)19-14-18(22-23-19)16-7-6-8-17(13-16)28-3/h6-8,13-15H,4-5,9-12H2,1-3H3,(H,22,23). The summed E-state index contributed by atoms with van der Waals surface area (Å²) in [6.45, 7) is 6.33. The van der Waals surface area contributed by atoms with Gasteiger partial charge in [0, 0.05) is 37.7 Å². The lowest BCUT2D eigenvalue weighted by Gasteiger charge is -2.36. The maximum atomic E-state index is 12.8. The van der Waals surface area contributed by atoms with Gasteiger partial charge in [-0.2, -0.15) is 5.10 Å². The molecule has 1 aliphatic heterocycles. The van der Waals surface area contributed by atoms with Gasteiger partial charge in [0.2, 0.25) is 5.91 Å². The van der Waals surface area contributed by atoms with Crippen LogP contribution in [0.25, 0.3) is 11.3 Å². The summed E-state index contributed by atoms with van der Waals surface area (Å²) in [5, 5.41) is 7.12. The van der Waals surface area contributed by atoms with Gasteiger partial charge in [-0.1, -0.05) is 26.0 Å².